The standard InChI is InChI=1S/C15H22N2O2/c1-3-11-4-6-12(7-5-11)8-17(2)15(18)13-9-19-10-14(13)16/h4-7,13-14H,3,8-10,16H2,1-2H3. The summed E-state index contributed by atoms with van der Waals surface area (Å²) in [6.07, 6.45) is 1.03. The van der Waals surface area contributed by atoms with Crippen molar-refractivity contribution in [2.45, 2.75) is 25.9 Å². The van der Waals surface area contributed by atoms with Gasteiger partial charge < -0.3 is 15.4 Å². The first-order valence-electron chi connectivity index (χ1n) is 6.78. The minimum absolute atomic E-state index is 0.0737. The maximum absolute atomic E-state index is 12.2. The molecule has 1 fully saturated rings. The van der Waals surface area contributed by atoms with Crippen molar-refractivity contribution in [1.29, 1.82) is 0 Å². The lowest BCUT2D eigenvalue weighted by Gasteiger charge is -2.22. The largest absolute Gasteiger partial charge is 0.379 e. The molecule has 19 heavy (non-hydrogen) atoms. The van der Waals surface area contributed by atoms with Gasteiger partial charge in [-0.3, -0.25) is 4.79 Å². The van der Waals surface area contributed by atoms with E-state index in [1.807, 2.05) is 7.05 Å². The Morgan fingerprint density at radius 3 is 2.47 bits per heavy atom. The average molecular weight is 262 g/mol. The van der Waals surface area contributed by atoms with Crippen LogP contribution in [0, 0.1) is 5.92 Å². The van der Waals surface area contributed by atoms with Crippen LogP contribution in [0.25, 0.3) is 0 Å². The maximum Gasteiger partial charge on any atom is 0.229 e. The van der Waals surface area contributed by atoms with Crippen molar-refractivity contribution in [2.75, 3.05) is 20.3 Å². The zero-order valence-electron chi connectivity index (χ0n) is 11.6. The van der Waals surface area contributed by atoms with Gasteiger partial charge in [-0.25, -0.2) is 0 Å². The molecule has 4 heteroatoms. The third-order valence-electron chi connectivity index (χ3n) is 3.67. The summed E-state index contributed by atoms with van der Waals surface area (Å²) >= 11 is 0. The number of ether oxygens (including phenoxy) is 1. The molecule has 1 aliphatic heterocycles. The number of hydrogen-bond donors (Lipinski definition) is 1. The Balaban J connectivity index is 1.95. The Bertz CT molecular complexity index is 430. The molecule has 104 valence electrons. The van der Waals surface area contributed by atoms with Gasteiger partial charge in [-0.2, -0.15) is 0 Å². The Hall–Kier alpha value is -1.39. The minimum Gasteiger partial charge on any atom is -0.379 e. The van der Waals surface area contributed by atoms with Crippen LogP contribution in [-0.2, 0) is 22.5 Å². The second-order valence-electron chi connectivity index (χ2n) is 5.17. The van der Waals surface area contributed by atoms with E-state index in [2.05, 4.69) is 31.2 Å². The first-order chi connectivity index (χ1) is 9.11. The molecule has 1 saturated heterocycles. The second kappa shape index (κ2) is 6.17. The molecule has 0 spiro atoms. The topological polar surface area (TPSA) is 55.6 Å². The summed E-state index contributed by atoms with van der Waals surface area (Å²) in [5.41, 5.74) is 8.33. The Morgan fingerprint density at radius 2 is 1.95 bits per heavy atom. The van der Waals surface area contributed by atoms with Gasteiger partial charge in [-0.15, -0.1) is 0 Å². The van der Waals surface area contributed by atoms with E-state index in [-0.39, 0.29) is 17.9 Å². The first kappa shape index (κ1) is 14.0. The number of carbonyl (C=O) groups excluding carboxylic acids is 1. The van der Waals surface area contributed by atoms with Gasteiger partial charge in [0.15, 0.2) is 0 Å². The Morgan fingerprint density at radius 1 is 1.32 bits per heavy atom. The fraction of sp³-hybridized carbons (Fsp3) is 0.533. The predicted molar refractivity (Wildman–Crippen MR) is 74.6 cm³/mol. The summed E-state index contributed by atoms with van der Waals surface area (Å²) in [4.78, 5) is 14.0. The molecule has 1 amide bonds. The molecule has 1 aromatic rings. The molecule has 0 aromatic heterocycles. The monoisotopic (exact) mass is 262 g/mol. The quantitative estimate of drug-likeness (QED) is 0.886. The number of hydrogen-bond acceptors (Lipinski definition) is 3. The average Bonchev–Trinajstić information content (AvgIpc) is 2.85. The summed E-state index contributed by atoms with van der Waals surface area (Å²) in [6.45, 7) is 3.67. The van der Waals surface area contributed by atoms with Crippen molar-refractivity contribution in [2.24, 2.45) is 11.7 Å². The van der Waals surface area contributed by atoms with Crippen LogP contribution in [0.5, 0.6) is 0 Å². The van der Waals surface area contributed by atoms with Gasteiger partial charge in [0.05, 0.1) is 19.1 Å². The van der Waals surface area contributed by atoms with E-state index in [0.29, 0.717) is 19.8 Å². The summed E-state index contributed by atoms with van der Waals surface area (Å²) in [6, 6.07) is 8.20. The molecular formula is C15H22N2O2. The van der Waals surface area contributed by atoms with E-state index in [1.165, 1.54) is 5.56 Å². The molecule has 0 radical (unpaired) electrons. The van der Waals surface area contributed by atoms with Crippen LogP contribution in [0.3, 0.4) is 0 Å². The van der Waals surface area contributed by atoms with Gasteiger partial charge in [0, 0.05) is 19.6 Å². The van der Waals surface area contributed by atoms with Gasteiger partial charge in [0.1, 0.15) is 0 Å². The molecule has 2 atom stereocenters. The normalized spacial score (nSPS) is 22.5. The molecular weight excluding hydrogens is 240 g/mol. The summed E-state index contributed by atoms with van der Waals surface area (Å²) in [7, 11) is 1.82. The summed E-state index contributed by atoms with van der Waals surface area (Å²) in [5, 5.41) is 0. The lowest BCUT2D eigenvalue weighted by Crippen LogP contribution is -2.41. The molecule has 4 nitrogen and oxygen atoms in total. The maximum atomic E-state index is 12.2. The number of amides is 1. The highest BCUT2D eigenvalue weighted by atomic mass is 16.5. The lowest BCUT2D eigenvalue weighted by atomic mass is 10.0. The van der Waals surface area contributed by atoms with Crippen molar-refractivity contribution < 1.29 is 9.53 Å². The van der Waals surface area contributed by atoms with E-state index in [0.717, 1.165) is 12.0 Å². The SMILES string of the molecule is CCc1ccc(CN(C)C(=O)C2COCC2N)cc1. The second-order valence-corrected chi connectivity index (χ2v) is 5.17. The number of nitrogens with zero attached hydrogens (tertiary/aromatic N) is 1. The summed E-state index contributed by atoms with van der Waals surface area (Å²) < 4.78 is 5.25. The van der Waals surface area contributed by atoms with Crippen LogP contribution >= 0.6 is 0 Å². The lowest BCUT2D eigenvalue weighted by molar-refractivity contribution is -0.135. The van der Waals surface area contributed by atoms with Crippen molar-refractivity contribution in [3.8, 4) is 0 Å². The molecule has 1 aliphatic rings. The van der Waals surface area contributed by atoms with Crippen molar-refractivity contribution in [1.82, 2.24) is 4.90 Å². The van der Waals surface area contributed by atoms with E-state index in [4.69, 9.17) is 10.5 Å². The molecule has 0 aliphatic carbocycles. The van der Waals surface area contributed by atoms with E-state index in [1.54, 1.807) is 4.90 Å². The number of aryl methyl sites for hydroxylation is 1. The fourth-order valence-electron chi connectivity index (χ4n) is 2.34. The van der Waals surface area contributed by atoms with Crippen molar-refractivity contribution >= 4 is 5.91 Å². The number of nitrogens with two attached hydrogens (primary N) is 1. The molecule has 1 heterocycles. The van der Waals surface area contributed by atoms with Crippen molar-refractivity contribution in [3.63, 3.8) is 0 Å². The number of benzene rings is 1. The molecule has 2 N–H and O–H groups in total. The highest BCUT2D eigenvalue weighted by Crippen LogP contribution is 2.16. The third kappa shape index (κ3) is 3.33. The molecule has 1 aromatic carbocycles. The van der Waals surface area contributed by atoms with Gasteiger partial charge >= 0.3 is 0 Å². The van der Waals surface area contributed by atoms with Gasteiger partial charge in [-0.05, 0) is 17.5 Å². The molecule has 2 unspecified atom stereocenters. The first-order valence-corrected chi connectivity index (χ1v) is 6.78. The highest BCUT2D eigenvalue weighted by molar-refractivity contribution is 5.79. The smallest absolute Gasteiger partial charge is 0.229 e. The van der Waals surface area contributed by atoms with Crippen LogP contribution in [-0.4, -0.2) is 37.1 Å². The van der Waals surface area contributed by atoms with Crippen LogP contribution in [0.4, 0.5) is 0 Å². The van der Waals surface area contributed by atoms with Gasteiger partial charge in [0.2, 0.25) is 5.91 Å². The zero-order chi connectivity index (χ0) is 13.8. The highest BCUT2D eigenvalue weighted by Gasteiger charge is 2.33. The third-order valence-corrected chi connectivity index (χ3v) is 3.67. The molecule has 0 saturated carbocycles. The van der Waals surface area contributed by atoms with Crippen LogP contribution < -0.4 is 5.73 Å². The van der Waals surface area contributed by atoms with Gasteiger partial charge in [-0.1, -0.05) is 31.2 Å². The minimum atomic E-state index is -0.195. The van der Waals surface area contributed by atoms with Crippen LogP contribution in [0.15, 0.2) is 24.3 Å². The fourth-order valence-corrected chi connectivity index (χ4v) is 2.34. The van der Waals surface area contributed by atoms with E-state index >= 15 is 0 Å². The molecule has 0 bridgehead atoms. The Labute approximate surface area is 114 Å². The molecule has 2 rings (SSSR count). The Kier molecular flexibility index (Phi) is 4.56. The zero-order valence-corrected chi connectivity index (χ0v) is 11.6. The van der Waals surface area contributed by atoms with Crippen molar-refractivity contribution in [3.05, 3.63) is 35.4 Å². The van der Waals surface area contributed by atoms with E-state index < -0.39 is 0 Å². The van der Waals surface area contributed by atoms with Crippen LogP contribution in [0.1, 0.15) is 18.1 Å². The number of rotatable bonds is 4. The predicted octanol–water partition coefficient (Wildman–Crippen LogP) is 1.18. The van der Waals surface area contributed by atoms with Gasteiger partial charge in [0.25, 0.3) is 0 Å². The van der Waals surface area contributed by atoms with E-state index in [9.17, 15) is 4.79 Å². The van der Waals surface area contributed by atoms with Crippen LogP contribution in [0.2, 0.25) is 0 Å². The number of carbonyl (C=O) groups is 1. The summed E-state index contributed by atoms with van der Waals surface area (Å²) in [5.74, 6) is -0.121.